The number of carbonyl (C=O) groups is 1. The minimum absolute atomic E-state index is 0.117. The number of aryl methyl sites for hydroxylation is 1. The Labute approximate surface area is 118 Å². The lowest BCUT2D eigenvalue weighted by molar-refractivity contribution is -0.137. The number of hydrogen-bond acceptors (Lipinski definition) is 2. The zero-order valence-electron chi connectivity index (χ0n) is 11.2. The summed E-state index contributed by atoms with van der Waals surface area (Å²) < 4.78 is 40.9. The highest BCUT2D eigenvalue weighted by Gasteiger charge is 2.35. The molecular weight excluding hydrogens is 285 g/mol. The Balaban J connectivity index is 2.62. The number of rotatable bonds is 4. The van der Waals surface area contributed by atoms with Crippen LogP contribution in [0.4, 0.5) is 13.2 Å². The Morgan fingerprint density at radius 3 is 2.67 bits per heavy atom. The molecule has 0 radical (unpaired) electrons. The maximum atomic E-state index is 13.2. The molecule has 0 aliphatic rings. The van der Waals surface area contributed by atoms with Gasteiger partial charge in [0.1, 0.15) is 5.82 Å². The van der Waals surface area contributed by atoms with Gasteiger partial charge >= 0.3 is 12.1 Å². The normalized spacial score (nSPS) is 11.6. The molecule has 1 aromatic carbocycles. The Kier molecular flexibility index (Phi) is 4.02. The van der Waals surface area contributed by atoms with Crippen molar-refractivity contribution in [1.29, 1.82) is 0 Å². The van der Waals surface area contributed by atoms with Gasteiger partial charge in [0.05, 0.1) is 16.8 Å². The van der Waals surface area contributed by atoms with Crippen molar-refractivity contribution in [3.05, 3.63) is 47.5 Å². The summed E-state index contributed by atoms with van der Waals surface area (Å²) in [5.74, 6) is -0.891. The highest BCUT2D eigenvalue weighted by atomic mass is 19.4. The Hall–Kier alpha value is -2.31. The number of hydrogen-bond donors (Lipinski definition) is 1. The van der Waals surface area contributed by atoms with Gasteiger partial charge in [0, 0.05) is 18.8 Å². The molecule has 7 heteroatoms. The lowest BCUT2D eigenvalue weighted by Crippen LogP contribution is -2.13. The summed E-state index contributed by atoms with van der Waals surface area (Å²) in [4.78, 5) is 14.9. The summed E-state index contributed by atoms with van der Waals surface area (Å²) in [5.41, 5.74) is -1.51. The lowest BCUT2D eigenvalue weighted by Gasteiger charge is -2.16. The van der Waals surface area contributed by atoms with E-state index in [9.17, 15) is 18.0 Å². The van der Waals surface area contributed by atoms with Gasteiger partial charge in [-0.3, -0.25) is 0 Å². The van der Waals surface area contributed by atoms with E-state index in [1.54, 1.807) is 0 Å². The third kappa shape index (κ3) is 3.07. The van der Waals surface area contributed by atoms with Crippen LogP contribution in [0.2, 0.25) is 0 Å². The van der Waals surface area contributed by atoms with Crippen molar-refractivity contribution < 1.29 is 23.1 Å². The summed E-state index contributed by atoms with van der Waals surface area (Å²) in [6.45, 7) is 1.90. The van der Waals surface area contributed by atoms with Gasteiger partial charge < -0.3 is 9.67 Å². The second-order valence-electron chi connectivity index (χ2n) is 4.50. The number of halogens is 3. The highest BCUT2D eigenvalue weighted by molar-refractivity contribution is 5.88. The molecule has 0 amide bonds. The molecule has 1 N–H and O–H groups in total. The Bertz CT molecular complexity index is 662. The minimum Gasteiger partial charge on any atom is -0.478 e. The van der Waals surface area contributed by atoms with Crippen molar-refractivity contribution in [3.8, 4) is 5.69 Å². The predicted molar refractivity (Wildman–Crippen MR) is 69.5 cm³/mol. The fraction of sp³-hybridized carbons (Fsp3) is 0.286. The number of nitrogens with zero attached hydrogens (tertiary/aromatic N) is 2. The van der Waals surface area contributed by atoms with Crippen LogP contribution in [0.5, 0.6) is 0 Å². The van der Waals surface area contributed by atoms with Crippen LogP contribution >= 0.6 is 0 Å². The molecule has 112 valence electrons. The summed E-state index contributed by atoms with van der Waals surface area (Å²) in [6, 6.07) is 2.96. The molecule has 2 rings (SSSR count). The van der Waals surface area contributed by atoms with E-state index in [0.29, 0.717) is 18.3 Å². The first-order valence-corrected chi connectivity index (χ1v) is 6.31. The topological polar surface area (TPSA) is 55.1 Å². The SMILES string of the molecule is CCCc1nccn1-c1ccc(C(=O)O)cc1C(F)(F)F. The van der Waals surface area contributed by atoms with E-state index in [2.05, 4.69) is 4.98 Å². The van der Waals surface area contributed by atoms with Gasteiger partial charge in [-0.1, -0.05) is 6.92 Å². The van der Waals surface area contributed by atoms with Gasteiger partial charge in [-0.2, -0.15) is 13.2 Å². The number of carboxylic acid groups (broad SMARTS) is 1. The van der Waals surface area contributed by atoms with Crippen LogP contribution in [0.3, 0.4) is 0 Å². The van der Waals surface area contributed by atoms with Gasteiger partial charge in [-0.15, -0.1) is 0 Å². The first-order valence-electron chi connectivity index (χ1n) is 6.31. The molecule has 2 aromatic rings. The molecule has 0 spiro atoms. The highest BCUT2D eigenvalue weighted by Crippen LogP contribution is 2.35. The molecule has 1 aromatic heterocycles. The molecule has 0 unspecified atom stereocenters. The number of imidazole rings is 1. The summed E-state index contributed by atoms with van der Waals surface area (Å²) in [7, 11) is 0. The van der Waals surface area contributed by atoms with Crippen molar-refractivity contribution >= 4 is 5.97 Å². The molecule has 4 nitrogen and oxygen atoms in total. The Morgan fingerprint density at radius 1 is 1.38 bits per heavy atom. The van der Waals surface area contributed by atoms with Crippen LogP contribution in [0.1, 0.15) is 35.1 Å². The second-order valence-corrected chi connectivity index (χ2v) is 4.50. The lowest BCUT2D eigenvalue weighted by atomic mass is 10.1. The van der Waals surface area contributed by atoms with E-state index in [0.717, 1.165) is 18.6 Å². The number of aromatic nitrogens is 2. The molecule has 0 aliphatic carbocycles. The smallest absolute Gasteiger partial charge is 0.418 e. The van der Waals surface area contributed by atoms with Crippen molar-refractivity contribution in [3.63, 3.8) is 0 Å². The third-order valence-electron chi connectivity index (χ3n) is 3.00. The van der Waals surface area contributed by atoms with Crippen LogP contribution in [0.15, 0.2) is 30.6 Å². The van der Waals surface area contributed by atoms with E-state index in [1.165, 1.54) is 17.0 Å². The fourth-order valence-electron chi connectivity index (χ4n) is 2.07. The van der Waals surface area contributed by atoms with Crippen LogP contribution in [-0.2, 0) is 12.6 Å². The zero-order chi connectivity index (χ0) is 15.6. The first kappa shape index (κ1) is 15.1. The predicted octanol–water partition coefficient (Wildman–Crippen LogP) is 3.54. The maximum Gasteiger partial charge on any atom is 0.418 e. The zero-order valence-corrected chi connectivity index (χ0v) is 11.2. The Morgan fingerprint density at radius 2 is 2.10 bits per heavy atom. The van der Waals surface area contributed by atoms with Crippen molar-refractivity contribution in [2.24, 2.45) is 0 Å². The minimum atomic E-state index is -4.64. The first-order chi connectivity index (χ1) is 9.84. The van der Waals surface area contributed by atoms with Crippen molar-refractivity contribution in [2.75, 3.05) is 0 Å². The molecule has 0 saturated heterocycles. The number of carboxylic acids is 1. The van der Waals surface area contributed by atoms with Gasteiger partial charge in [0.2, 0.25) is 0 Å². The van der Waals surface area contributed by atoms with Gasteiger partial charge in [0.15, 0.2) is 0 Å². The number of benzene rings is 1. The van der Waals surface area contributed by atoms with Crippen molar-refractivity contribution in [1.82, 2.24) is 9.55 Å². The van der Waals surface area contributed by atoms with Gasteiger partial charge in [0.25, 0.3) is 0 Å². The van der Waals surface area contributed by atoms with Crippen LogP contribution in [-0.4, -0.2) is 20.6 Å². The monoisotopic (exact) mass is 298 g/mol. The number of alkyl halides is 3. The standard InChI is InChI=1S/C14H13F3N2O2/c1-2-3-12-18-6-7-19(12)11-5-4-9(13(20)21)8-10(11)14(15,16)17/h4-8H,2-3H2,1H3,(H,20,21). The van der Waals surface area contributed by atoms with E-state index in [-0.39, 0.29) is 5.69 Å². The summed E-state index contributed by atoms with van der Waals surface area (Å²) >= 11 is 0. The van der Waals surface area contributed by atoms with Crippen LogP contribution < -0.4 is 0 Å². The molecule has 0 fully saturated rings. The largest absolute Gasteiger partial charge is 0.478 e. The average Bonchev–Trinajstić information content (AvgIpc) is 2.85. The quantitative estimate of drug-likeness (QED) is 0.939. The van der Waals surface area contributed by atoms with Crippen molar-refractivity contribution in [2.45, 2.75) is 25.9 Å². The summed E-state index contributed by atoms with van der Waals surface area (Å²) in [6.07, 6.45) is -0.503. The molecule has 21 heavy (non-hydrogen) atoms. The molecule has 0 aliphatic heterocycles. The van der Waals surface area contributed by atoms with E-state index < -0.39 is 23.3 Å². The second kappa shape index (κ2) is 5.59. The maximum absolute atomic E-state index is 13.2. The molecular formula is C14H13F3N2O2. The molecule has 0 bridgehead atoms. The molecule has 1 heterocycles. The van der Waals surface area contributed by atoms with E-state index >= 15 is 0 Å². The van der Waals surface area contributed by atoms with E-state index in [4.69, 9.17) is 5.11 Å². The van der Waals surface area contributed by atoms with E-state index in [1.807, 2.05) is 6.92 Å². The molecule has 0 atom stereocenters. The van der Waals surface area contributed by atoms with Crippen LogP contribution in [0.25, 0.3) is 5.69 Å². The van der Waals surface area contributed by atoms with Gasteiger partial charge in [-0.05, 0) is 24.6 Å². The van der Waals surface area contributed by atoms with Crippen LogP contribution in [0, 0.1) is 0 Å². The van der Waals surface area contributed by atoms with Gasteiger partial charge in [-0.25, -0.2) is 9.78 Å². The number of aromatic carboxylic acids is 1. The average molecular weight is 298 g/mol. The third-order valence-corrected chi connectivity index (χ3v) is 3.00. The fourth-order valence-corrected chi connectivity index (χ4v) is 2.07. The summed E-state index contributed by atoms with van der Waals surface area (Å²) in [5, 5.41) is 8.85. The molecule has 0 saturated carbocycles.